The molecular formula is C22H28F3NO2. The van der Waals surface area contributed by atoms with Crippen LogP contribution in [0.5, 0.6) is 0 Å². The highest BCUT2D eigenvalue weighted by Gasteiger charge is 2.47. The van der Waals surface area contributed by atoms with Gasteiger partial charge in [0.25, 0.3) is 0 Å². The molecule has 28 heavy (non-hydrogen) atoms. The highest BCUT2D eigenvalue weighted by atomic mass is 19.4. The summed E-state index contributed by atoms with van der Waals surface area (Å²) in [5.74, 6) is 0.456. The molecule has 1 heterocycles. The second-order valence-electron chi connectivity index (χ2n) is 9.49. The van der Waals surface area contributed by atoms with Crippen molar-refractivity contribution in [3.05, 3.63) is 35.4 Å². The summed E-state index contributed by atoms with van der Waals surface area (Å²) in [5, 5.41) is 9.86. The Morgan fingerprint density at radius 2 is 1.68 bits per heavy atom. The van der Waals surface area contributed by atoms with Crippen molar-refractivity contribution in [3.63, 3.8) is 0 Å². The fraction of sp³-hybridized carbons (Fsp3) is 0.682. The second-order valence-corrected chi connectivity index (χ2v) is 9.49. The Bertz CT molecular complexity index is 725. The third-order valence-electron chi connectivity index (χ3n) is 7.27. The third-order valence-corrected chi connectivity index (χ3v) is 7.27. The van der Waals surface area contributed by atoms with Gasteiger partial charge in [-0.05, 0) is 80.9 Å². The predicted molar refractivity (Wildman–Crippen MR) is 99.6 cm³/mol. The Labute approximate surface area is 163 Å². The standard InChI is InChI=1S/C22H28F3NO2/c1-20(28)12-17(13-20)19(27)26-10-8-21(9-11-26)7-6-16(14-21)15-2-4-18(5-3-15)22(23,24)25/h2-5,16-17,28H,6-14H2,1H3/t16-,17?,20?/m1/s1. The van der Waals surface area contributed by atoms with Crippen LogP contribution >= 0.6 is 0 Å². The average molecular weight is 395 g/mol. The predicted octanol–water partition coefficient (Wildman–Crippen LogP) is 4.74. The summed E-state index contributed by atoms with van der Waals surface area (Å²) in [4.78, 5) is 14.5. The molecule has 0 unspecified atom stereocenters. The number of carbonyl (C=O) groups excluding carboxylic acids is 1. The molecule has 0 bridgehead atoms. The second kappa shape index (κ2) is 6.75. The highest BCUT2D eigenvalue weighted by molar-refractivity contribution is 5.80. The summed E-state index contributed by atoms with van der Waals surface area (Å²) in [5.41, 5.74) is -0.0572. The van der Waals surface area contributed by atoms with E-state index < -0.39 is 17.3 Å². The summed E-state index contributed by atoms with van der Waals surface area (Å²) in [6, 6.07) is 5.64. The Morgan fingerprint density at radius 1 is 1.07 bits per heavy atom. The average Bonchev–Trinajstić information content (AvgIpc) is 3.03. The number of hydrogen-bond donors (Lipinski definition) is 1. The topological polar surface area (TPSA) is 40.5 Å². The van der Waals surface area contributed by atoms with Crippen LogP contribution < -0.4 is 0 Å². The van der Waals surface area contributed by atoms with Crippen molar-refractivity contribution in [2.75, 3.05) is 13.1 Å². The van der Waals surface area contributed by atoms with Gasteiger partial charge in [-0.15, -0.1) is 0 Å². The summed E-state index contributed by atoms with van der Waals surface area (Å²) in [6.45, 7) is 3.30. The van der Waals surface area contributed by atoms with E-state index in [1.165, 1.54) is 12.1 Å². The van der Waals surface area contributed by atoms with Crippen LogP contribution in [0.15, 0.2) is 24.3 Å². The molecule has 1 N–H and O–H groups in total. The smallest absolute Gasteiger partial charge is 0.390 e. The van der Waals surface area contributed by atoms with Crippen LogP contribution in [-0.2, 0) is 11.0 Å². The van der Waals surface area contributed by atoms with Gasteiger partial charge in [0.05, 0.1) is 11.2 Å². The van der Waals surface area contributed by atoms with E-state index in [1.807, 2.05) is 4.90 Å². The van der Waals surface area contributed by atoms with E-state index in [9.17, 15) is 23.1 Å². The first-order valence-electron chi connectivity index (χ1n) is 10.3. The maximum absolute atomic E-state index is 12.8. The zero-order valence-corrected chi connectivity index (χ0v) is 16.3. The summed E-state index contributed by atoms with van der Waals surface area (Å²) in [7, 11) is 0. The lowest BCUT2D eigenvalue weighted by molar-refractivity contribution is -0.151. The maximum Gasteiger partial charge on any atom is 0.416 e. The molecule has 1 atom stereocenters. The largest absolute Gasteiger partial charge is 0.416 e. The maximum atomic E-state index is 12.8. The first-order valence-corrected chi connectivity index (χ1v) is 10.3. The van der Waals surface area contributed by atoms with Crippen LogP contribution in [0.2, 0.25) is 0 Å². The number of alkyl halides is 3. The Morgan fingerprint density at radius 3 is 2.21 bits per heavy atom. The molecule has 1 aromatic rings. The lowest BCUT2D eigenvalue weighted by atomic mass is 9.70. The van der Waals surface area contributed by atoms with E-state index in [-0.39, 0.29) is 17.2 Å². The number of halogens is 3. The monoisotopic (exact) mass is 395 g/mol. The molecule has 3 fully saturated rings. The minimum absolute atomic E-state index is 0.0347. The molecule has 1 amide bonds. The minimum atomic E-state index is -4.29. The van der Waals surface area contributed by atoms with Gasteiger partial charge in [-0.2, -0.15) is 13.2 Å². The number of amides is 1. The summed E-state index contributed by atoms with van der Waals surface area (Å²) >= 11 is 0. The highest BCUT2D eigenvalue weighted by Crippen LogP contribution is 2.52. The Balaban J connectivity index is 1.33. The number of aliphatic hydroxyl groups is 1. The van der Waals surface area contributed by atoms with Crippen molar-refractivity contribution in [2.24, 2.45) is 11.3 Å². The van der Waals surface area contributed by atoms with Crippen molar-refractivity contribution in [2.45, 2.75) is 69.6 Å². The van der Waals surface area contributed by atoms with Crippen molar-refractivity contribution >= 4 is 5.91 Å². The number of benzene rings is 1. The Hall–Kier alpha value is -1.56. The zero-order chi connectivity index (χ0) is 20.2. The van der Waals surface area contributed by atoms with Crippen LogP contribution in [0.25, 0.3) is 0 Å². The number of rotatable bonds is 2. The first-order chi connectivity index (χ1) is 13.1. The molecule has 1 aromatic carbocycles. The number of carbonyl (C=O) groups is 1. The van der Waals surface area contributed by atoms with Crippen LogP contribution in [0, 0.1) is 11.3 Å². The van der Waals surface area contributed by atoms with Gasteiger partial charge < -0.3 is 10.0 Å². The third kappa shape index (κ3) is 3.80. The molecular weight excluding hydrogens is 367 g/mol. The fourth-order valence-corrected chi connectivity index (χ4v) is 5.53. The summed E-state index contributed by atoms with van der Waals surface area (Å²) < 4.78 is 38.3. The van der Waals surface area contributed by atoms with Gasteiger partial charge >= 0.3 is 6.18 Å². The molecule has 3 aliphatic rings. The van der Waals surface area contributed by atoms with Gasteiger partial charge in [-0.25, -0.2) is 0 Å². The van der Waals surface area contributed by atoms with Crippen LogP contribution in [-0.4, -0.2) is 34.6 Å². The molecule has 1 aliphatic heterocycles. The van der Waals surface area contributed by atoms with Gasteiger partial charge in [0.1, 0.15) is 0 Å². The van der Waals surface area contributed by atoms with E-state index in [0.29, 0.717) is 18.8 Å². The number of piperidine rings is 1. The van der Waals surface area contributed by atoms with E-state index in [0.717, 1.165) is 50.8 Å². The molecule has 1 saturated heterocycles. The van der Waals surface area contributed by atoms with Crippen molar-refractivity contribution < 1.29 is 23.1 Å². The molecule has 6 heteroatoms. The van der Waals surface area contributed by atoms with Gasteiger partial charge in [-0.1, -0.05) is 12.1 Å². The minimum Gasteiger partial charge on any atom is -0.390 e. The molecule has 0 aromatic heterocycles. The molecule has 3 nitrogen and oxygen atoms in total. The lowest BCUT2D eigenvalue weighted by Crippen LogP contribution is -2.52. The lowest BCUT2D eigenvalue weighted by Gasteiger charge is -2.45. The van der Waals surface area contributed by atoms with Gasteiger partial charge in [0.2, 0.25) is 5.91 Å². The molecule has 1 spiro atoms. The number of hydrogen-bond acceptors (Lipinski definition) is 2. The molecule has 4 rings (SSSR count). The van der Waals surface area contributed by atoms with Crippen LogP contribution in [0.1, 0.15) is 68.9 Å². The number of nitrogens with zero attached hydrogens (tertiary/aromatic N) is 1. The quantitative estimate of drug-likeness (QED) is 0.786. The fourth-order valence-electron chi connectivity index (χ4n) is 5.53. The molecule has 2 saturated carbocycles. The molecule has 154 valence electrons. The molecule has 0 radical (unpaired) electrons. The van der Waals surface area contributed by atoms with Crippen molar-refractivity contribution in [1.82, 2.24) is 4.90 Å². The van der Waals surface area contributed by atoms with Gasteiger partial charge in [0.15, 0.2) is 0 Å². The zero-order valence-electron chi connectivity index (χ0n) is 16.3. The van der Waals surface area contributed by atoms with E-state index >= 15 is 0 Å². The van der Waals surface area contributed by atoms with Crippen molar-refractivity contribution in [1.29, 1.82) is 0 Å². The normalized spacial score (nSPS) is 32.4. The van der Waals surface area contributed by atoms with E-state index in [4.69, 9.17) is 0 Å². The van der Waals surface area contributed by atoms with Crippen LogP contribution in [0.4, 0.5) is 13.2 Å². The van der Waals surface area contributed by atoms with Gasteiger partial charge in [0, 0.05) is 19.0 Å². The summed E-state index contributed by atoms with van der Waals surface area (Å²) in [6.07, 6.45) is 1.86. The first kappa shape index (κ1) is 19.7. The van der Waals surface area contributed by atoms with E-state index in [2.05, 4.69) is 0 Å². The SMILES string of the molecule is CC1(O)CC(C(=O)N2CCC3(CC[C@@H](c4ccc(C(F)(F)F)cc4)C3)CC2)C1. The van der Waals surface area contributed by atoms with Crippen molar-refractivity contribution in [3.8, 4) is 0 Å². The van der Waals surface area contributed by atoms with E-state index in [1.54, 1.807) is 19.1 Å². The van der Waals surface area contributed by atoms with Gasteiger partial charge in [-0.3, -0.25) is 4.79 Å². The number of likely N-dealkylation sites (tertiary alicyclic amines) is 1. The Kier molecular flexibility index (Phi) is 4.76. The van der Waals surface area contributed by atoms with Crippen LogP contribution in [0.3, 0.4) is 0 Å². The molecule has 2 aliphatic carbocycles.